The Morgan fingerprint density at radius 2 is 1.80 bits per heavy atom. The van der Waals surface area contributed by atoms with E-state index in [2.05, 4.69) is 41.1 Å². The van der Waals surface area contributed by atoms with Crippen molar-refractivity contribution in [1.82, 2.24) is 4.98 Å². The van der Waals surface area contributed by atoms with E-state index in [1.165, 1.54) is 5.69 Å². The number of anilines is 1. The van der Waals surface area contributed by atoms with Crippen LogP contribution in [0.3, 0.4) is 0 Å². The molecule has 1 aromatic heterocycles. The molecule has 0 spiro atoms. The molecule has 0 atom stereocenters. The van der Waals surface area contributed by atoms with Gasteiger partial charge in [-0.1, -0.05) is 24.6 Å². The fourth-order valence-corrected chi connectivity index (χ4v) is 4.83. The number of thioether (sulfide) groups is 1. The zero-order chi connectivity index (χ0) is 25.0. The third-order valence-electron chi connectivity index (χ3n) is 5.91. The Bertz CT molecular complexity index is 1070. The minimum Gasteiger partial charge on any atom is -0.493 e. The number of aromatic nitrogens is 1. The highest BCUT2D eigenvalue weighted by atomic mass is 32.2. The molecule has 3 rings (SSSR count). The Morgan fingerprint density at radius 3 is 2.51 bits per heavy atom. The molecule has 0 radical (unpaired) electrons. The van der Waals surface area contributed by atoms with Crippen molar-refractivity contribution in [1.29, 1.82) is 0 Å². The van der Waals surface area contributed by atoms with E-state index in [9.17, 15) is 4.79 Å². The zero-order valence-electron chi connectivity index (χ0n) is 21.2. The number of Topliss-reactive ketones (excluding diaryl/α,β-unsaturated/α-hetero) is 1. The Kier molecular flexibility index (Phi) is 10.5. The molecule has 1 heterocycles. The highest BCUT2D eigenvalue weighted by molar-refractivity contribution is 7.99. The molecular weight excluding hydrogens is 460 g/mol. The van der Waals surface area contributed by atoms with Crippen LogP contribution in [0.4, 0.5) is 5.69 Å². The number of ether oxygens (including phenoxy) is 2. The van der Waals surface area contributed by atoms with E-state index in [0.29, 0.717) is 41.1 Å². The van der Waals surface area contributed by atoms with Crippen LogP contribution in [0.2, 0.25) is 0 Å². The van der Waals surface area contributed by atoms with E-state index in [4.69, 9.17) is 13.9 Å². The van der Waals surface area contributed by atoms with E-state index in [-0.39, 0.29) is 0 Å². The van der Waals surface area contributed by atoms with Gasteiger partial charge in [0.1, 0.15) is 11.5 Å². The van der Waals surface area contributed by atoms with Crippen molar-refractivity contribution in [2.75, 3.05) is 38.0 Å². The Balaban J connectivity index is 1.38. The van der Waals surface area contributed by atoms with Crippen molar-refractivity contribution >= 4 is 23.2 Å². The average Bonchev–Trinajstić information content (AvgIpc) is 3.26. The first-order chi connectivity index (χ1) is 17.0. The fourth-order valence-electron chi connectivity index (χ4n) is 3.90. The van der Waals surface area contributed by atoms with Gasteiger partial charge in [0.25, 0.3) is 0 Å². The van der Waals surface area contributed by atoms with Crippen molar-refractivity contribution in [3.63, 3.8) is 0 Å². The molecule has 0 saturated heterocycles. The molecule has 0 aliphatic heterocycles. The summed E-state index contributed by atoms with van der Waals surface area (Å²) >= 11 is 1.60. The van der Waals surface area contributed by atoms with E-state index >= 15 is 0 Å². The van der Waals surface area contributed by atoms with Gasteiger partial charge in [-0.05, 0) is 57.0 Å². The molecule has 0 fully saturated rings. The molecule has 0 amide bonds. The number of carbonyl (C=O) groups is 1. The van der Waals surface area contributed by atoms with Gasteiger partial charge in [0.15, 0.2) is 11.5 Å². The summed E-state index contributed by atoms with van der Waals surface area (Å²) in [6, 6.07) is 16.1. The largest absolute Gasteiger partial charge is 0.493 e. The molecule has 0 aliphatic carbocycles. The molecule has 6 nitrogen and oxygen atoms in total. The third kappa shape index (κ3) is 7.79. The SMILES string of the molecule is CCN(CCCCCC(=O)CSCc1nc(-c2ccc(OC)c(OC)c2)oc1C)c1ccccc1. The predicted molar refractivity (Wildman–Crippen MR) is 144 cm³/mol. The van der Waals surface area contributed by atoms with Crippen molar-refractivity contribution < 1.29 is 18.7 Å². The van der Waals surface area contributed by atoms with Gasteiger partial charge in [-0.3, -0.25) is 4.79 Å². The van der Waals surface area contributed by atoms with Gasteiger partial charge in [-0.15, -0.1) is 11.8 Å². The number of hydrogen-bond donors (Lipinski definition) is 0. The van der Waals surface area contributed by atoms with Gasteiger partial charge in [0.2, 0.25) is 5.89 Å². The Morgan fingerprint density at radius 1 is 1.03 bits per heavy atom. The number of nitrogens with zero attached hydrogens (tertiary/aromatic N) is 2. The van der Waals surface area contributed by atoms with Crippen molar-refractivity contribution in [2.45, 2.75) is 45.3 Å². The molecule has 0 unspecified atom stereocenters. The number of carbonyl (C=O) groups excluding carboxylic acids is 1. The number of para-hydroxylation sites is 1. The van der Waals surface area contributed by atoms with Crippen LogP contribution in [0.25, 0.3) is 11.5 Å². The van der Waals surface area contributed by atoms with Gasteiger partial charge in [-0.25, -0.2) is 4.98 Å². The zero-order valence-corrected chi connectivity index (χ0v) is 22.0. The summed E-state index contributed by atoms with van der Waals surface area (Å²) in [5.74, 6) is 4.06. The maximum atomic E-state index is 12.3. The van der Waals surface area contributed by atoms with E-state index in [1.807, 2.05) is 31.2 Å². The highest BCUT2D eigenvalue weighted by Gasteiger charge is 2.15. The van der Waals surface area contributed by atoms with Gasteiger partial charge in [0.05, 0.1) is 25.7 Å². The molecule has 0 N–H and O–H groups in total. The second-order valence-electron chi connectivity index (χ2n) is 8.35. The number of benzene rings is 2. The fraction of sp³-hybridized carbons (Fsp3) is 0.429. The molecule has 0 aliphatic rings. The minimum absolute atomic E-state index is 0.298. The topological polar surface area (TPSA) is 64.8 Å². The number of rotatable bonds is 15. The van der Waals surface area contributed by atoms with Crippen molar-refractivity contribution in [3.05, 3.63) is 60.0 Å². The molecule has 0 saturated carbocycles. The third-order valence-corrected chi connectivity index (χ3v) is 6.92. The maximum Gasteiger partial charge on any atom is 0.226 e. The molecule has 2 aromatic carbocycles. The average molecular weight is 497 g/mol. The Labute approximate surface area is 213 Å². The van der Waals surface area contributed by atoms with Crippen LogP contribution in [-0.2, 0) is 10.5 Å². The number of oxazole rings is 1. The van der Waals surface area contributed by atoms with Crippen LogP contribution in [0.15, 0.2) is 52.9 Å². The lowest BCUT2D eigenvalue weighted by Crippen LogP contribution is -2.23. The van der Waals surface area contributed by atoms with Crippen molar-refractivity contribution in [3.8, 4) is 23.0 Å². The summed E-state index contributed by atoms with van der Waals surface area (Å²) in [4.78, 5) is 19.4. The van der Waals surface area contributed by atoms with Gasteiger partial charge in [0, 0.05) is 36.5 Å². The summed E-state index contributed by atoms with van der Waals surface area (Å²) in [5, 5.41) is 0. The van der Waals surface area contributed by atoms with E-state index in [1.54, 1.807) is 26.0 Å². The molecule has 7 heteroatoms. The second kappa shape index (κ2) is 13.8. The lowest BCUT2D eigenvalue weighted by Gasteiger charge is -2.22. The predicted octanol–water partition coefficient (Wildman–Crippen LogP) is 6.56. The normalized spacial score (nSPS) is 10.9. The van der Waals surface area contributed by atoms with Crippen LogP contribution < -0.4 is 14.4 Å². The Hall–Kier alpha value is -2.93. The smallest absolute Gasteiger partial charge is 0.226 e. The van der Waals surface area contributed by atoms with Crippen LogP contribution in [0, 0.1) is 6.92 Å². The molecule has 35 heavy (non-hydrogen) atoms. The van der Waals surface area contributed by atoms with E-state index in [0.717, 1.165) is 49.4 Å². The molecular formula is C28H36N2O4S. The first kappa shape index (κ1) is 26.7. The molecule has 0 bridgehead atoms. The van der Waals surface area contributed by atoms with Crippen LogP contribution in [0.5, 0.6) is 11.5 Å². The van der Waals surface area contributed by atoms with Gasteiger partial charge < -0.3 is 18.8 Å². The van der Waals surface area contributed by atoms with Gasteiger partial charge in [-0.2, -0.15) is 0 Å². The first-order valence-electron chi connectivity index (χ1n) is 12.1. The standard InChI is InChI=1S/C28H36N2O4S/c1-5-30(23-12-8-6-9-13-23)17-11-7-10-14-24(31)19-35-20-25-21(2)34-28(29-25)22-15-16-26(32-3)27(18-22)33-4/h6,8-9,12-13,15-16,18H,5,7,10-11,14,17,19-20H2,1-4H3. The van der Waals surface area contributed by atoms with Crippen LogP contribution in [0.1, 0.15) is 44.1 Å². The lowest BCUT2D eigenvalue weighted by atomic mass is 10.1. The van der Waals surface area contributed by atoms with E-state index < -0.39 is 0 Å². The van der Waals surface area contributed by atoms with Crippen molar-refractivity contribution in [2.24, 2.45) is 0 Å². The summed E-state index contributed by atoms with van der Waals surface area (Å²) < 4.78 is 16.5. The van der Waals surface area contributed by atoms with Crippen LogP contribution >= 0.6 is 11.8 Å². The number of unbranched alkanes of at least 4 members (excludes halogenated alkanes) is 2. The first-order valence-corrected chi connectivity index (χ1v) is 13.3. The number of methoxy groups -OCH3 is 2. The summed E-state index contributed by atoms with van der Waals surface area (Å²) in [5.41, 5.74) is 2.96. The summed E-state index contributed by atoms with van der Waals surface area (Å²) in [6.07, 6.45) is 3.74. The number of ketones is 1. The monoisotopic (exact) mass is 496 g/mol. The second-order valence-corrected chi connectivity index (χ2v) is 9.33. The summed E-state index contributed by atoms with van der Waals surface area (Å²) in [6.45, 7) is 6.11. The molecule has 3 aromatic rings. The summed E-state index contributed by atoms with van der Waals surface area (Å²) in [7, 11) is 3.21. The van der Waals surface area contributed by atoms with Gasteiger partial charge >= 0.3 is 0 Å². The number of hydrogen-bond acceptors (Lipinski definition) is 7. The quantitative estimate of drug-likeness (QED) is 0.221. The molecule has 188 valence electrons. The maximum absolute atomic E-state index is 12.3. The number of aryl methyl sites for hydroxylation is 1. The highest BCUT2D eigenvalue weighted by Crippen LogP contribution is 2.33. The lowest BCUT2D eigenvalue weighted by molar-refractivity contribution is -0.116. The van der Waals surface area contributed by atoms with Crippen LogP contribution in [-0.4, -0.2) is 43.8 Å². The minimum atomic E-state index is 0.298.